The van der Waals surface area contributed by atoms with Crippen molar-refractivity contribution in [2.24, 2.45) is 5.92 Å². The fourth-order valence-corrected chi connectivity index (χ4v) is 5.32. The number of urea groups is 1. The van der Waals surface area contributed by atoms with Gasteiger partial charge in [0.1, 0.15) is 0 Å². The Morgan fingerprint density at radius 1 is 1.21 bits per heavy atom. The molecule has 4 aromatic rings. The lowest BCUT2D eigenvalue weighted by atomic mass is 9.93. The zero-order chi connectivity index (χ0) is 22.4. The Morgan fingerprint density at radius 2 is 2.12 bits per heavy atom. The molecule has 3 aromatic heterocycles. The Hall–Kier alpha value is -3.26. The van der Waals surface area contributed by atoms with Crippen molar-refractivity contribution in [3.8, 4) is 11.1 Å². The summed E-state index contributed by atoms with van der Waals surface area (Å²) in [4.78, 5) is 13.9. The topological polar surface area (TPSA) is 76.2 Å². The average molecular weight is 459 g/mol. The number of pyridine rings is 1. The molecule has 1 saturated carbocycles. The van der Waals surface area contributed by atoms with Gasteiger partial charge in [0, 0.05) is 30.7 Å². The normalized spacial score (nSPS) is 15.1. The van der Waals surface area contributed by atoms with Crippen LogP contribution in [0, 0.1) is 12.8 Å². The Labute approximate surface area is 196 Å². The fraction of sp³-hybridized carbons (Fsp3) is 0.320. The molecule has 168 valence electrons. The van der Waals surface area contributed by atoms with Crippen LogP contribution in [0.2, 0.25) is 0 Å². The number of hydrogen-bond acceptors (Lipinski definition) is 4. The molecule has 6 rings (SSSR count). The van der Waals surface area contributed by atoms with E-state index in [-0.39, 0.29) is 6.03 Å². The smallest absolute Gasteiger partial charge is 0.306 e. The first kappa shape index (κ1) is 20.4. The van der Waals surface area contributed by atoms with Crippen LogP contribution >= 0.6 is 11.9 Å². The number of fused-ring (bicyclic) bond motifs is 2. The molecule has 0 unspecified atom stereocenters. The molecule has 1 aromatic carbocycles. The highest BCUT2D eigenvalue weighted by Crippen LogP contribution is 2.40. The van der Waals surface area contributed by atoms with Crippen LogP contribution in [0.3, 0.4) is 0 Å². The Kier molecular flexibility index (Phi) is 5.10. The van der Waals surface area contributed by atoms with E-state index in [9.17, 15) is 4.79 Å². The number of carbonyl (C=O) groups excluding carboxylic acids is 1. The number of nitrogens with one attached hydrogen (secondary N) is 2. The first-order valence-corrected chi connectivity index (χ1v) is 12.3. The van der Waals surface area contributed by atoms with Gasteiger partial charge in [0.2, 0.25) is 0 Å². The quantitative estimate of drug-likeness (QED) is 0.388. The first-order chi connectivity index (χ1) is 16.1. The number of hydrogen-bond donors (Lipinski definition) is 2. The molecule has 0 atom stereocenters. The largest absolute Gasteiger partial charge is 0.329 e. The Bertz CT molecular complexity index is 1350. The molecule has 0 saturated heterocycles. The number of aromatic nitrogens is 4. The number of aryl methyl sites for hydroxylation is 2. The summed E-state index contributed by atoms with van der Waals surface area (Å²) in [6, 6.07) is 8.25. The standard InChI is InChI=1S/C25H26N6OS/c1-16-11-18-3-2-4-22(18)24(23(16)19-8-10-31-20(12-19)7-9-26-31)28-25(32)29-33-21-13-27-30(15-21)14-17-5-6-17/h7-13,15,17H,2-6,14H2,1H3,(H2,28,29,32). The van der Waals surface area contributed by atoms with Gasteiger partial charge in [0.15, 0.2) is 0 Å². The third-order valence-electron chi connectivity index (χ3n) is 6.54. The van der Waals surface area contributed by atoms with Crippen molar-refractivity contribution in [1.82, 2.24) is 24.1 Å². The molecule has 2 aliphatic rings. The monoisotopic (exact) mass is 458 g/mol. The van der Waals surface area contributed by atoms with Crippen LogP contribution in [-0.4, -0.2) is 25.4 Å². The van der Waals surface area contributed by atoms with Gasteiger partial charge < -0.3 is 5.32 Å². The van der Waals surface area contributed by atoms with Gasteiger partial charge >= 0.3 is 6.03 Å². The molecule has 7 nitrogen and oxygen atoms in total. The molecule has 8 heteroatoms. The van der Waals surface area contributed by atoms with Gasteiger partial charge in [-0.05, 0) is 97.3 Å². The van der Waals surface area contributed by atoms with Crippen molar-refractivity contribution in [1.29, 1.82) is 0 Å². The highest BCUT2D eigenvalue weighted by atomic mass is 32.2. The molecule has 0 spiro atoms. The molecule has 0 radical (unpaired) electrons. The summed E-state index contributed by atoms with van der Waals surface area (Å²) < 4.78 is 6.77. The molecular formula is C25H26N6OS. The van der Waals surface area contributed by atoms with E-state index in [1.165, 1.54) is 41.5 Å². The lowest BCUT2D eigenvalue weighted by Gasteiger charge is -2.19. The molecule has 0 bridgehead atoms. The predicted molar refractivity (Wildman–Crippen MR) is 130 cm³/mol. The van der Waals surface area contributed by atoms with Crippen LogP contribution in [0.4, 0.5) is 10.5 Å². The minimum absolute atomic E-state index is 0.221. The van der Waals surface area contributed by atoms with E-state index in [0.717, 1.165) is 59.0 Å². The number of rotatable bonds is 6. The highest BCUT2D eigenvalue weighted by Gasteiger charge is 2.24. The van der Waals surface area contributed by atoms with E-state index in [0.29, 0.717) is 0 Å². The molecule has 2 aliphatic carbocycles. The molecule has 2 amide bonds. The van der Waals surface area contributed by atoms with Crippen molar-refractivity contribution in [2.45, 2.75) is 50.5 Å². The summed E-state index contributed by atoms with van der Waals surface area (Å²) in [6.45, 7) is 3.09. The van der Waals surface area contributed by atoms with Crippen LogP contribution in [0.25, 0.3) is 16.6 Å². The maximum atomic E-state index is 13.0. The van der Waals surface area contributed by atoms with Gasteiger partial charge in [-0.15, -0.1) is 0 Å². The van der Waals surface area contributed by atoms with Gasteiger partial charge in [-0.3, -0.25) is 9.40 Å². The van der Waals surface area contributed by atoms with Crippen molar-refractivity contribution < 1.29 is 4.79 Å². The van der Waals surface area contributed by atoms with E-state index in [4.69, 9.17) is 0 Å². The second kappa shape index (κ2) is 8.26. The Morgan fingerprint density at radius 3 is 3.00 bits per heavy atom. The molecule has 3 heterocycles. The third-order valence-corrected chi connectivity index (χ3v) is 7.27. The lowest BCUT2D eigenvalue weighted by Crippen LogP contribution is -2.24. The summed E-state index contributed by atoms with van der Waals surface area (Å²) in [7, 11) is 0. The van der Waals surface area contributed by atoms with Crippen LogP contribution in [0.1, 0.15) is 36.0 Å². The number of carbonyl (C=O) groups is 1. The van der Waals surface area contributed by atoms with Crippen molar-refractivity contribution in [3.63, 3.8) is 0 Å². The predicted octanol–water partition coefficient (Wildman–Crippen LogP) is 5.23. The van der Waals surface area contributed by atoms with Gasteiger partial charge in [-0.2, -0.15) is 10.2 Å². The van der Waals surface area contributed by atoms with E-state index in [1.54, 1.807) is 6.20 Å². The van der Waals surface area contributed by atoms with Crippen LogP contribution in [-0.2, 0) is 19.4 Å². The van der Waals surface area contributed by atoms with Crippen molar-refractivity contribution in [2.75, 3.05) is 5.32 Å². The second-order valence-electron chi connectivity index (χ2n) is 9.05. The van der Waals surface area contributed by atoms with Gasteiger partial charge in [0.05, 0.1) is 22.3 Å². The summed E-state index contributed by atoms with van der Waals surface area (Å²) in [5.41, 5.74) is 7.88. The molecule has 1 fully saturated rings. The van der Waals surface area contributed by atoms with Crippen molar-refractivity contribution in [3.05, 3.63) is 65.7 Å². The zero-order valence-electron chi connectivity index (χ0n) is 18.5. The summed E-state index contributed by atoms with van der Waals surface area (Å²) in [6.07, 6.45) is 13.3. The number of benzene rings is 1. The number of anilines is 1. The maximum Gasteiger partial charge on any atom is 0.329 e. The maximum absolute atomic E-state index is 13.0. The summed E-state index contributed by atoms with van der Waals surface area (Å²) >= 11 is 1.30. The van der Waals surface area contributed by atoms with Crippen molar-refractivity contribution >= 4 is 29.2 Å². The van der Waals surface area contributed by atoms with E-state index < -0.39 is 0 Å². The highest BCUT2D eigenvalue weighted by molar-refractivity contribution is 7.98. The van der Waals surface area contributed by atoms with E-state index in [1.807, 2.05) is 33.9 Å². The minimum atomic E-state index is -0.221. The zero-order valence-corrected chi connectivity index (χ0v) is 19.4. The van der Waals surface area contributed by atoms with Gasteiger partial charge in [-0.1, -0.05) is 6.07 Å². The summed E-state index contributed by atoms with van der Waals surface area (Å²) in [5.74, 6) is 0.766. The number of nitrogens with zero attached hydrogens (tertiary/aromatic N) is 4. The Balaban J connectivity index is 1.26. The fourth-order valence-electron chi connectivity index (χ4n) is 4.79. The first-order valence-electron chi connectivity index (χ1n) is 11.5. The minimum Gasteiger partial charge on any atom is -0.306 e. The average Bonchev–Trinajstić information content (AvgIpc) is 3.19. The second-order valence-corrected chi connectivity index (χ2v) is 9.93. The third kappa shape index (κ3) is 4.11. The summed E-state index contributed by atoms with van der Waals surface area (Å²) in [5, 5.41) is 11.9. The van der Waals surface area contributed by atoms with E-state index in [2.05, 4.69) is 45.4 Å². The number of amides is 2. The molecular weight excluding hydrogens is 432 g/mol. The van der Waals surface area contributed by atoms with Gasteiger partial charge in [-0.25, -0.2) is 9.31 Å². The molecule has 2 N–H and O–H groups in total. The van der Waals surface area contributed by atoms with Crippen LogP contribution in [0.5, 0.6) is 0 Å². The lowest BCUT2D eigenvalue weighted by molar-refractivity contribution is 0.257. The van der Waals surface area contributed by atoms with Crippen LogP contribution in [0.15, 0.2) is 53.9 Å². The molecule has 33 heavy (non-hydrogen) atoms. The van der Waals surface area contributed by atoms with Gasteiger partial charge in [0.25, 0.3) is 0 Å². The molecule has 0 aliphatic heterocycles. The SMILES string of the molecule is Cc1cc2c(c(NC(=O)NSc3cnn(CC4CC4)c3)c1-c1ccn3nccc3c1)CCC2. The van der Waals surface area contributed by atoms with Crippen LogP contribution < -0.4 is 10.0 Å². The van der Waals surface area contributed by atoms with E-state index >= 15 is 0 Å².